The summed E-state index contributed by atoms with van der Waals surface area (Å²) in [6, 6.07) is 8.83. The summed E-state index contributed by atoms with van der Waals surface area (Å²) in [7, 11) is 1.60. The van der Waals surface area contributed by atoms with E-state index in [4.69, 9.17) is 4.74 Å². The SMILES string of the molecule is COc1ccc(C(=O)c2ccncc2C)cc1. The number of ketones is 1. The van der Waals surface area contributed by atoms with Crippen LogP contribution in [0, 0.1) is 6.92 Å². The van der Waals surface area contributed by atoms with Crippen LogP contribution in [0.15, 0.2) is 42.7 Å². The molecule has 1 aromatic carbocycles. The predicted molar refractivity (Wildman–Crippen MR) is 65.4 cm³/mol. The summed E-state index contributed by atoms with van der Waals surface area (Å²) in [5.41, 5.74) is 2.22. The molecule has 0 aliphatic heterocycles. The number of methoxy groups -OCH3 is 1. The van der Waals surface area contributed by atoms with Crippen molar-refractivity contribution in [1.82, 2.24) is 4.98 Å². The molecule has 0 amide bonds. The number of aromatic nitrogens is 1. The first kappa shape index (κ1) is 11.3. The summed E-state index contributed by atoms with van der Waals surface area (Å²) >= 11 is 0. The van der Waals surface area contributed by atoms with Crippen LogP contribution < -0.4 is 4.74 Å². The normalized spacial score (nSPS) is 10.0. The van der Waals surface area contributed by atoms with Gasteiger partial charge in [0.15, 0.2) is 5.78 Å². The fourth-order valence-electron chi connectivity index (χ4n) is 1.63. The molecule has 2 rings (SSSR count). The Hall–Kier alpha value is -2.16. The van der Waals surface area contributed by atoms with Crippen molar-refractivity contribution in [1.29, 1.82) is 0 Å². The van der Waals surface area contributed by atoms with E-state index in [1.54, 1.807) is 49.8 Å². The van der Waals surface area contributed by atoms with Crippen molar-refractivity contribution in [2.75, 3.05) is 7.11 Å². The minimum Gasteiger partial charge on any atom is -0.497 e. The molecule has 0 fully saturated rings. The van der Waals surface area contributed by atoms with Gasteiger partial charge in [0, 0.05) is 23.5 Å². The third kappa shape index (κ3) is 2.33. The molecule has 1 heterocycles. The van der Waals surface area contributed by atoms with Crippen LogP contribution in [0.25, 0.3) is 0 Å². The van der Waals surface area contributed by atoms with Gasteiger partial charge in [-0.15, -0.1) is 0 Å². The lowest BCUT2D eigenvalue weighted by Crippen LogP contribution is -2.03. The van der Waals surface area contributed by atoms with Crippen molar-refractivity contribution in [2.24, 2.45) is 0 Å². The van der Waals surface area contributed by atoms with E-state index >= 15 is 0 Å². The maximum absolute atomic E-state index is 12.2. The number of rotatable bonds is 3. The molecule has 17 heavy (non-hydrogen) atoms. The maximum atomic E-state index is 12.2. The maximum Gasteiger partial charge on any atom is 0.193 e. The number of carbonyl (C=O) groups excluding carboxylic acids is 1. The van der Waals surface area contributed by atoms with Gasteiger partial charge in [0.2, 0.25) is 0 Å². The first-order chi connectivity index (χ1) is 8.22. The zero-order valence-electron chi connectivity index (χ0n) is 9.81. The lowest BCUT2D eigenvalue weighted by Gasteiger charge is -2.05. The van der Waals surface area contributed by atoms with Gasteiger partial charge in [-0.25, -0.2) is 0 Å². The summed E-state index contributed by atoms with van der Waals surface area (Å²) in [6.07, 6.45) is 3.32. The molecule has 0 spiro atoms. The van der Waals surface area contributed by atoms with Gasteiger partial charge in [0.05, 0.1) is 7.11 Å². The predicted octanol–water partition coefficient (Wildman–Crippen LogP) is 2.63. The Labute approximate surface area is 100 Å². The Kier molecular flexibility index (Phi) is 3.19. The monoisotopic (exact) mass is 227 g/mol. The third-order valence-corrected chi connectivity index (χ3v) is 2.62. The van der Waals surface area contributed by atoms with Crippen LogP contribution in [-0.2, 0) is 0 Å². The van der Waals surface area contributed by atoms with Crippen LogP contribution in [0.1, 0.15) is 21.5 Å². The average Bonchev–Trinajstić information content (AvgIpc) is 2.39. The first-order valence-corrected chi connectivity index (χ1v) is 5.31. The molecule has 2 aromatic rings. The number of pyridine rings is 1. The van der Waals surface area contributed by atoms with Crippen molar-refractivity contribution in [3.8, 4) is 5.75 Å². The number of ether oxygens (including phenoxy) is 1. The van der Waals surface area contributed by atoms with E-state index in [9.17, 15) is 4.79 Å². The molecular weight excluding hydrogens is 214 g/mol. The van der Waals surface area contributed by atoms with Crippen LogP contribution in [0.3, 0.4) is 0 Å². The second kappa shape index (κ2) is 4.78. The fraction of sp³-hybridized carbons (Fsp3) is 0.143. The lowest BCUT2D eigenvalue weighted by atomic mass is 10.0. The molecular formula is C14H13NO2. The standard InChI is InChI=1S/C14H13NO2/c1-10-9-15-8-7-13(10)14(16)11-3-5-12(17-2)6-4-11/h3-9H,1-2H3. The van der Waals surface area contributed by atoms with Gasteiger partial charge >= 0.3 is 0 Å². The average molecular weight is 227 g/mol. The summed E-state index contributed by atoms with van der Waals surface area (Å²) in [5.74, 6) is 0.751. The summed E-state index contributed by atoms with van der Waals surface area (Å²) < 4.78 is 5.06. The zero-order valence-corrected chi connectivity index (χ0v) is 9.81. The fourth-order valence-corrected chi connectivity index (χ4v) is 1.63. The van der Waals surface area contributed by atoms with Crippen molar-refractivity contribution in [3.63, 3.8) is 0 Å². The van der Waals surface area contributed by atoms with E-state index in [-0.39, 0.29) is 5.78 Å². The Bertz CT molecular complexity index is 532. The van der Waals surface area contributed by atoms with Crippen molar-refractivity contribution >= 4 is 5.78 Å². The van der Waals surface area contributed by atoms with Gasteiger partial charge in [-0.05, 0) is 42.8 Å². The second-order valence-electron chi connectivity index (χ2n) is 3.75. The molecule has 1 aromatic heterocycles. The van der Waals surface area contributed by atoms with Crippen LogP contribution in [0.4, 0.5) is 0 Å². The van der Waals surface area contributed by atoms with Crippen molar-refractivity contribution in [3.05, 3.63) is 59.4 Å². The third-order valence-electron chi connectivity index (χ3n) is 2.62. The molecule has 0 N–H and O–H groups in total. The lowest BCUT2D eigenvalue weighted by molar-refractivity contribution is 0.103. The van der Waals surface area contributed by atoms with Gasteiger partial charge in [0.1, 0.15) is 5.75 Å². The quantitative estimate of drug-likeness (QED) is 0.757. The van der Waals surface area contributed by atoms with E-state index in [2.05, 4.69) is 4.98 Å². The van der Waals surface area contributed by atoms with E-state index in [0.29, 0.717) is 11.1 Å². The molecule has 3 heteroatoms. The number of benzene rings is 1. The van der Waals surface area contributed by atoms with Crippen molar-refractivity contribution < 1.29 is 9.53 Å². The molecule has 0 saturated carbocycles. The van der Waals surface area contributed by atoms with Crippen LogP contribution >= 0.6 is 0 Å². The molecule has 0 saturated heterocycles. The minimum absolute atomic E-state index is 0.00699. The van der Waals surface area contributed by atoms with Gasteiger partial charge in [-0.2, -0.15) is 0 Å². The van der Waals surface area contributed by atoms with Gasteiger partial charge in [-0.1, -0.05) is 0 Å². The Morgan fingerprint density at radius 2 is 1.88 bits per heavy atom. The Morgan fingerprint density at radius 1 is 1.18 bits per heavy atom. The highest BCUT2D eigenvalue weighted by Gasteiger charge is 2.11. The van der Waals surface area contributed by atoms with E-state index in [1.165, 1.54) is 0 Å². The highest BCUT2D eigenvalue weighted by atomic mass is 16.5. The number of aryl methyl sites for hydroxylation is 1. The smallest absolute Gasteiger partial charge is 0.193 e. The molecule has 0 atom stereocenters. The first-order valence-electron chi connectivity index (χ1n) is 5.31. The van der Waals surface area contributed by atoms with E-state index < -0.39 is 0 Å². The number of carbonyl (C=O) groups is 1. The summed E-state index contributed by atoms with van der Waals surface area (Å²) in [6.45, 7) is 1.88. The van der Waals surface area contributed by atoms with Crippen LogP contribution in [0.5, 0.6) is 5.75 Å². The van der Waals surface area contributed by atoms with E-state index in [0.717, 1.165) is 11.3 Å². The van der Waals surface area contributed by atoms with Crippen LogP contribution in [-0.4, -0.2) is 17.9 Å². The number of hydrogen-bond donors (Lipinski definition) is 0. The topological polar surface area (TPSA) is 39.2 Å². The number of hydrogen-bond acceptors (Lipinski definition) is 3. The molecule has 3 nitrogen and oxygen atoms in total. The second-order valence-corrected chi connectivity index (χ2v) is 3.75. The van der Waals surface area contributed by atoms with Crippen LogP contribution in [0.2, 0.25) is 0 Å². The Morgan fingerprint density at radius 3 is 2.47 bits per heavy atom. The molecule has 0 aliphatic rings. The molecule has 0 aliphatic carbocycles. The summed E-state index contributed by atoms with van der Waals surface area (Å²) in [4.78, 5) is 16.2. The minimum atomic E-state index is 0.00699. The van der Waals surface area contributed by atoms with E-state index in [1.807, 2.05) is 6.92 Å². The molecule has 0 bridgehead atoms. The molecule has 0 unspecified atom stereocenters. The van der Waals surface area contributed by atoms with Crippen molar-refractivity contribution in [2.45, 2.75) is 6.92 Å². The van der Waals surface area contributed by atoms with Gasteiger partial charge < -0.3 is 4.74 Å². The summed E-state index contributed by atoms with van der Waals surface area (Å²) in [5, 5.41) is 0. The number of nitrogens with zero attached hydrogens (tertiary/aromatic N) is 1. The zero-order chi connectivity index (χ0) is 12.3. The van der Waals surface area contributed by atoms with Gasteiger partial charge in [-0.3, -0.25) is 9.78 Å². The molecule has 0 radical (unpaired) electrons. The molecule has 86 valence electrons. The largest absolute Gasteiger partial charge is 0.497 e. The highest BCUT2D eigenvalue weighted by molar-refractivity contribution is 6.09. The highest BCUT2D eigenvalue weighted by Crippen LogP contribution is 2.16. The van der Waals surface area contributed by atoms with Gasteiger partial charge in [0.25, 0.3) is 0 Å². The Balaban J connectivity index is 2.34.